The van der Waals surface area contributed by atoms with Crippen molar-refractivity contribution in [1.82, 2.24) is 16.0 Å². The first-order valence-corrected chi connectivity index (χ1v) is 10.8. The van der Waals surface area contributed by atoms with Crippen LogP contribution < -0.4 is 33.2 Å². The molecule has 4 unspecified atom stereocenters. The van der Waals surface area contributed by atoms with Crippen LogP contribution in [0.4, 0.5) is 0 Å². The van der Waals surface area contributed by atoms with E-state index in [0.717, 1.165) is 0 Å². The van der Waals surface area contributed by atoms with Gasteiger partial charge in [-0.1, -0.05) is 13.8 Å². The van der Waals surface area contributed by atoms with E-state index < -0.39 is 72.1 Å². The van der Waals surface area contributed by atoms with Gasteiger partial charge >= 0.3 is 11.9 Å². The molecule has 0 aliphatic rings. The fourth-order valence-corrected chi connectivity index (χ4v) is 2.91. The van der Waals surface area contributed by atoms with Gasteiger partial charge in [0.25, 0.3) is 0 Å². The lowest BCUT2D eigenvalue weighted by molar-refractivity contribution is -0.142. The van der Waals surface area contributed by atoms with Crippen LogP contribution in [0.5, 0.6) is 0 Å². The number of hydrogen-bond acceptors (Lipinski definition) is 8. The lowest BCUT2D eigenvalue weighted by Gasteiger charge is -2.26. The Morgan fingerprint density at radius 1 is 0.714 bits per heavy atom. The van der Waals surface area contributed by atoms with Crippen LogP contribution in [0.25, 0.3) is 0 Å². The largest absolute Gasteiger partial charge is 0.481 e. The summed E-state index contributed by atoms with van der Waals surface area (Å²) in [4.78, 5) is 82.2. The number of hydrogen-bond donors (Lipinski definition) is 8. The van der Waals surface area contributed by atoms with Crippen LogP contribution in [-0.4, -0.2) is 75.9 Å². The van der Waals surface area contributed by atoms with Crippen LogP contribution in [0.2, 0.25) is 0 Å². The van der Waals surface area contributed by atoms with E-state index in [0.29, 0.717) is 0 Å². The van der Waals surface area contributed by atoms with Gasteiger partial charge in [0.1, 0.15) is 18.1 Å². The summed E-state index contributed by atoms with van der Waals surface area (Å²) in [5.41, 5.74) is 15.6. The zero-order valence-electron chi connectivity index (χ0n) is 19.6. The van der Waals surface area contributed by atoms with E-state index >= 15 is 0 Å². The van der Waals surface area contributed by atoms with Crippen LogP contribution in [0.1, 0.15) is 52.4 Å². The molecule has 0 rings (SSSR count). The number of nitrogens with two attached hydrogens (primary N) is 3. The lowest BCUT2D eigenvalue weighted by atomic mass is 10.0. The maximum atomic E-state index is 12.9. The predicted molar refractivity (Wildman–Crippen MR) is 120 cm³/mol. The smallest absolute Gasteiger partial charge is 0.326 e. The number of carbonyl (C=O) groups is 7. The molecular weight excluding hydrogens is 468 g/mol. The van der Waals surface area contributed by atoms with Gasteiger partial charge in [-0.05, 0) is 25.2 Å². The van der Waals surface area contributed by atoms with Gasteiger partial charge < -0.3 is 43.4 Å². The van der Waals surface area contributed by atoms with Crippen molar-refractivity contribution in [3.05, 3.63) is 0 Å². The van der Waals surface area contributed by atoms with Gasteiger partial charge in [0, 0.05) is 12.8 Å². The quantitative estimate of drug-likeness (QED) is 0.0991. The van der Waals surface area contributed by atoms with Gasteiger partial charge in [0.05, 0.1) is 12.5 Å². The average Bonchev–Trinajstić information content (AvgIpc) is 2.71. The number of primary amides is 2. The summed E-state index contributed by atoms with van der Waals surface area (Å²) in [6, 6.07) is -5.55. The maximum Gasteiger partial charge on any atom is 0.326 e. The van der Waals surface area contributed by atoms with Crippen molar-refractivity contribution in [2.75, 3.05) is 0 Å². The molecule has 0 aliphatic heterocycles. The standard InChI is InChI=1S/C20H34N6O9/c1-9(2)7-13(19(33)25-12(20(34)35)4-6-15(23)28)26-18(32)11(3-5-14(22)27)24-17(31)10(21)8-16(29)30/h9-13H,3-8,21H2,1-2H3,(H2,22,27)(H2,23,28)(H,24,31)(H,25,33)(H,26,32)(H,29,30)(H,34,35). The highest BCUT2D eigenvalue weighted by Gasteiger charge is 2.31. The van der Waals surface area contributed by atoms with E-state index in [1.54, 1.807) is 13.8 Å². The van der Waals surface area contributed by atoms with Crippen molar-refractivity contribution < 1.29 is 43.8 Å². The number of nitrogens with one attached hydrogen (secondary N) is 3. The van der Waals surface area contributed by atoms with Crippen molar-refractivity contribution in [1.29, 1.82) is 0 Å². The van der Waals surface area contributed by atoms with Crippen LogP contribution in [0, 0.1) is 5.92 Å². The minimum atomic E-state index is -1.48. The van der Waals surface area contributed by atoms with Crippen molar-refractivity contribution in [3.63, 3.8) is 0 Å². The second-order valence-corrected chi connectivity index (χ2v) is 8.37. The topological polar surface area (TPSA) is 274 Å². The minimum Gasteiger partial charge on any atom is -0.481 e. The van der Waals surface area contributed by atoms with Gasteiger partial charge in [0.2, 0.25) is 29.5 Å². The number of carboxylic acids is 2. The molecule has 15 heteroatoms. The molecule has 0 aliphatic carbocycles. The van der Waals surface area contributed by atoms with Crippen LogP contribution >= 0.6 is 0 Å². The molecule has 4 atom stereocenters. The Morgan fingerprint density at radius 2 is 1.14 bits per heavy atom. The Hall–Kier alpha value is -3.75. The molecule has 0 bridgehead atoms. The first-order chi connectivity index (χ1) is 16.1. The third-order valence-electron chi connectivity index (χ3n) is 4.68. The second-order valence-electron chi connectivity index (χ2n) is 8.37. The van der Waals surface area contributed by atoms with Crippen molar-refractivity contribution in [2.24, 2.45) is 23.1 Å². The van der Waals surface area contributed by atoms with Gasteiger partial charge in [-0.25, -0.2) is 4.79 Å². The summed E-state index contributed by atoms with van der Waals surface area (Å²) in [5.74, 6) is -7.15. The third-order valence-corrected chi connectivity index (χ3v) is 4.68. The summed E-state index contributed by atoms with van der Waals surface area (Å²) >= 11 is 0. The molecule has 0 heterocycles. The summed E-state index contributed by atoms with van der Waals surface area (Å²) in [7, 11) is 0. The SMILES string of the molecule is CC(C)CC(NC(=O)C(CCC(N)=O)NC(=O)C(N)CC(=O)O)C(=O)NC(CCC(N)=O)C(=O)O. The van der Waals surface area contributed by atoms with Gasteiger partial charge in [-0.15, -0.1) is 0 Å². The van der Waals surface area contributed by atoms with Crippen molar-refractivity contribution in [2.45, 2.75) is 76.5 Å². The Balaban J connectivity index is 5.58. The van der Waals surface area contributed by atoms with Gasteiger partial charge in [0.15, 0.2) is 0 Å². The van der Waals surface area contributed by atoms with Gasteiger partial charge in [-0.3, -0.25) is 28.8 Å². The molecule has 15 nitrogen and oxygen atoms in total. The van der Waals surface area contributed by atoms with Crippen LogP contribution in [0.15, 0.2) is 0 Å². The highest BCUT2D eigenvalue weighted by molar-refractivity contribution is 5.95. The first-order valence-electron chi connectivity index (χ1n) is 10.8. The molecular formula is C20H34N6O9. The Labute approximate surface area is 201 Å². The number of rotatable bonds is 17. The molecule has 0 aromatic rings. The fraction of sp³-hybridized carbons (Fsp3) is 0.650. The number of carboxylic acid groups (broad SMARTS) is 2. The summed E-state index contributed by atoms with van der Waals surface area (Å²) < 4.78 is 0. The molecule has 0 radical (unpaired) electrons. The zero-order valence-corrected chi connectivity index (χ0v) is 19.6. The molecule has 0 fully saturated rings. The van der Waals surface area contributed by atoms with Gasteiger partial charge in [-0.2, -0.15) is 0 Å². The van der Waals surface area contributed by atoms with E-state index in [-0.39, 0.29) is 38.0 Å². The molecule has 0 saturated carbocycles. The summed E-state index contributed by atoms with van der Waals surface area (Å²) in [6.07, 6.45) is -1.78. The normalized spacial score (nSPS) is 14.2. The Morgan fingerprint density at radius 3 is 1.57 bits per heavy atom. The molecule has 0 aromatic heterocycles. The predicted octanol–water partition coefficient (Wildman–Crippen LogP) is -3.10. The molecule has 198 valence electrons. The van der Waals surface area contributed by atoms with E-state index in [4.69, 9.17) is 22.3 Å². The molecule has 0 aromatic carbocycles. The monoisotopic (exact) mass is 502 g/mol. The molecule has 35 heavy (non-hydrogen) atoms. The third kappa shape index (κ3) is 13.5. The number of amides is 5. The number of aliphatic carboxylic acids is 2. The molecule has 11 N–H and O–H groups in total. The fourth-order valence-electron chi connectivity index (χ4n) is 2.91. The lowest BCUT2D eigenvalue weighted by Crippen LogP contribution is -2.57. The molecule has 0 spiro atoms. The zero-order chi connectivity index (χ0) is 27.3. The first kappa shape index (κ1) is 31.2. The number of carbonyl (C=O) groups excluding carboxylic acids is 5. The van der Waals surface area contributed by atoms with E-state index in [1.807, 2.05) is 0 Å². The highest BCUT2D eigenvalue weighted by Crippen LogP contribution is 2.09. The minimum absolute atomic E-state index is 0.0781. The molecule has 5 amide bonds. The Bertz CT molecular complexity index is 817. The highest BCUT2D eigenvalue weighted by atomic mass is 16.4. The van der Waals surface area contributed by atoms with Crippen molar-refractivity contribution in [3.8, 4) is 0 Å². The van der Waals surface area contributed by atoms with Crippen LogP contribution in [-0.2, 0) is 33.6 Å². The van der Waals surface area contributed by atoms with E-state index in [2.05, 4.69) is 16.0 Å². The van der Waals surface area contributed by atoms with Crippen molar-refractivity contribution >= 4 is 41.5 Å². The molecule has 0 saturated heterocycles. The summed E-state index contributed by atoms with van der Waals surface area (Å²) in [6.45, 7) is 3.48. The summed E-state index contributed by atoms with van der Waals surface area (Å²) in [5, 5.41) is 25.0. The average molecular weight is 503 g/mol. The van der Waals surface area contributed by atoms with Crippen LogP contribution in [0.3, 0.4) is 0 Å². The van der Waals surface area contributed by atoms with E-state index in [9.17, 15) is 38.7 Å². The Kier molecular flexibility index (Phi) is 13.6. The van der Waals surface area contributed by atoms with E-state index in [1.165, 1.54) is 0 Å². The maximum absolute atomic E-state index is 12.9. The second kappa shape index (κ2) is 15.2.